The van der Waals surface area contributed by atoms with Crippen molar-refractivity contribution in [3.63, 3.8) is 0 Å². The van der Waals surface area contributed by atoms with Gasteiger partial charge in [0, 0.05) is 24.2 Å². The lowest BCUT2D eigenvalue weighted by Crippen LogP contribution is -2.21. The summed E-state index contributed by atoms with van der Waals surface area (Å²) in [5, 5.41) is 4.24. The van der Waals surface area contributed by atoms with Crippen molar-refractivity contribution in [3.8, 4) is 0 Å². The smallest absolute Gasteiger partial charge is 0.271 e. The summed E-state index contributed by atoms with van der Waals surface area (Å²) in [6, 6.07) is 9.17. The van der Waals surface area contributed by atoms with E-state index in [1.165, 1.54) is 0 Å². The number of nitrogens with one attached hydrogen (secondary N) is 1. The van der Waals surface area contributed by atoms with E-state index in [0.717, 1.165) is 38.1 Å². The molecule has 1 aromatic carbocycles. The molecule has 0 saturated carbocycles. The van der Waals surface area contributed by atoms with Crippen molar-refractivity contribution in [3.05, 3.63) is 35.9 Å². The molecule has 0 radical (unpaired) electrons. The van der Waals surface area contributed by atoms with Crippen LogP contribution in [0.5, 0.6) is 0 Å². The van der Waals surface area contributed by atoms with Gasteiger partial charge in [-0.1, -0.05) is 18.2 Å². The van der Waals surface area contributed by atoms with Gasteiger partial charge in [0.15, 0.2) is 0 Å². The summed E-state index contributed by atoms with van der Waals surface area (Å²) in [6.45, 7) is 2.12. The summed E-state index contributed by atoms with van der Waals surface area (Å²) < 4.78 is 0. The molecule has 0 aromatic heterocycles. The number of benzene rings is 1. The lowest BCUT2D eigenvalue weighted by atomic mass is 10.2. The first-order chi connectivity index (χ1) is 8.75. The SMILES string of the molecule is CN1CCC/C(=N/NC(=O)c2ccccc2)CC1. The molecule has 1 aliphatic rings. The molecule has 1 aliphatic heterocycles. The summed E-state index contributed by atoms with van der Waals surface area (Å²) in [6.07, 6.45) is 3.02. The highest BCUT2D eigenvalue weighted by atomic mass is 16.2. The van der Waals surface area contributed by atoms with Crippen LogP contribution in [0.3, 0.4) is 0 Å². The Kier molecular flexibility index (Phi) is 4.47. The fourth-order valence-corrected chi connectivity index (χ4v) is 2.01. The average molecular weight is 245 g/mol. The van der Waals surface area contributed by atoms with Crippen molar-refractivity contribution in [1.29, 1.82) is 0 Å². The van der Waals surface area contributed by atoms with Gasteiger partial charge in [0.1, 0.15) is 0 Å². The largest absolute Gasteiger partial charge is 0.306 e. The maximum Gasteiger partial charge on any atom is 0.271 e. The third-order valence-electron chi connectivity index (χ3n) is 3.14. The lowest BCUT2D eigenvalue weighted by Gasteiger charge is -2.10. The van der Waals surface area contributed by atoms with Gasteiger partial charge in [0.25, 0.3) is 5.91 Å². The van der Waals surface area contributed by atoms with Crippen LogP contribution in [0.1, 0.15) is 29.6 Å². The zero-order valence-electron chi connectivity index (χ0n) is 10.7. The maximum atomic E-state index is 11.8. The Morgan fingerprint density at radius 1 is 1.22 bits per heavy atom. The van der Waals surface area contributed by atoms with Crippen molar-refractivity contribution < 1.29 is 4.79 Å². The van der Waals surface area contributed by atoms with Crippen molar-refractivity contribution in [1.82, 2.24) is 10.3 Å². The van der Waals surface area contributed by atoms with Crippen LogP contribution in [0.25, 0.3) is 0 Å². The molecular formula is C14H19N3O. The summed E-state index contributed by atoms with van der Waals surface area (Å²) in [4.78, 5) is 14.1. The van der Waals surface area contributed by atoms with Crippen LogP contribution in [0.15, 0.2) is 35.4 Å². The van der Waals surface area contributed by atoms with Crippen LogP contribution in [0.2, 0.25) is 0 Å². The lowest BCUT2D eigenvalue weighted by molar-refractivity contribution is 0.0954. The molecule has 1 heterocycles. The molecule has 1 amide bonds. The van der Waals surface area contributed by atoms with E-state index in [4.69, 9.17) is 0 Å². The molecule has 0 spiro atoms. The fourth-order valence-electron chi connectivity index (χ4n) is 2.01. The third kappa shape index (κ3) is 3.67. The summed E-state index contributed by atoms with van der Waals surface area (Å²) in [7, 11) is 2.12. The van der Waals surface area contributed by atoms with E-state index >= 15 is 0 Å². The van der Waals surface area contributed by atoms with Crippen molar-refractivity contribution in [2.45, 2.75) is 19.3 Å². The minimum Gasteiger partial charge on any atom is -0.306 e. The molecule has 1 saturated heterocycles. The van der Waals surface area contributed by atoms with Crippen LogP contribution in [0, 0.1) is 0 Å². The highest BCUT2D eigenvalue weighted by molar-refractivity contribution is 5.95. The van der Waals surface area contributed by atoms with E-state index in [0.29, 0.717) is 5.56 Å². The standard InChI is InChI=1S/C14H19N3O/c1-17-10-5-8-13(9-11-17)15-16-14(18)12-6-3-2-4-7-12/h2-4,6-7H,5,8-11H2,1H3,(H,16,18)/b15-13-. The van der Waals surface area contributed by atoms with E-state index in [1.807, 2.05) is 18.2 Å². The van der Waals surface area contributed by atoms with E-state index in [9.17, 15) is 4.79 Å². The monoisotopic (exact) mass is 245 g/mol. The van der Waals surface area contributed by atoms with Gasteiger partial charge in [-0.3, -0.25) is 4.79 Å². The second kappa shape index (κ2) is 6.31. The molecule has 1 fully saturated rings. The number of hydrogen-bond donors (Lipinski definition) is 1. The molecule has 2 rings (SSSR count). The zero-order chi connectivity index (χ0) is 12.8. The molecule has 0 aliphatic carbocycles. The molecule has 1 N–H and O–H groups in total. The topological polar surface area (TPSA) is 44.7 Å². The number of carbonyl (C=O) groups excluding carboxylic acids is 1. The van der Waals surface area contributed by atoms with E-state index in [1.54, 1.807) is 12.1 Å². The van der Waals surface area contributed by atoms with Crippen LogP contribution < -0.4 is 5.43 Å². The van der Waals surface area contributed by atoms with E-state index < -0.39 is 0 Å². The zero-order valence-corrected chi connectivity index (χ0v) is 10.7. The molecule has 0 unspecified atom stereocenters. The number of rotatable bonds is 2. The highest BCUT2D eigenvalue weighted by Crippen LogP contribution is 2.06. The molecule has 4 nitrogen and oxygen atoms in total. The Labute approximate surface area is 108 Å². The number of hydrazone groups is 1. The van der Waals surface area contributed by atoms with Crippen molar-refractivity contribution in [2.24, 2.45) is 5.10 Å². The van der Waals surface area contributed by atoms with Gasteiger partial charge >= 0.3 is 0 Å². The number of amides is 1. The average Bonchev–Trinajstić information content (AvgIpc) is 2.62. The Morgan fingerprint density at radius 3 is 2.78 bits per heavy atom. The minimum absolute atomic E-state index is 0.138. The minimum atomic E-state index is -0.138. The molecule has 0 bridgehead atoms. The van der Waals surface area contributed by atoms with Gasteiger partial charge < -0.3 is 4.90 Å². The summed E-state index contributed by atoms with van der Waals surface area (Å²) >= 11 is 0. The maximum absolute atomic E-state index is 11.8. The van der Waals surface area contributed by atoms with E-state index in [-0.39, 0.29) is 5.91 Å². The van der Waals surface area contributed by atoms with Crippen LogP contribution in [-0.2, 0) is 0 Å². The van der Waals surface area contributed by atoms with Crippen LogP contribution in [0.4, 0.5) is 0 Å². The van der Waals surface area contributed by atoms with Crippen LogP contribution >= 0.6 is 0 Å². The molecule has 1 aromatic rings. The molecule has 4 heteroatoms. The predicted molar refractivity (Wildman–Crippen MR) is 72.7 cm³/mol. The second-order valence-corrected chi connectivity index (χ2v) is 4.64. The normalized spacial score (nSPS) is 19.5. The van der Waals surface area contributed by atoms with Gasteiger partial charge in [0.05, 0.1) is 0 Å². The van der Waals surface area contributed by atoms with Gasteiger partial charge in [-0.2, -0.15) is 5.10 Å². The molecule has 0 atom stereocenters. The second-order valence-electron chi connectivity index (χ2n) is 4.64. The third-order valence-corrected chi connectivity index (χ3v) is 3.14. The first-order valence-electron chi connectivity index (χ1n) is 6.35. The number of likely N-dealkylation sites (tertiary alicyclic amines) is 1. The quantitative estimate of drug-likeness (QED) is 0.809. The molecule has 96 valence electrons. The van der Waals surface area contributed by atoms with E-state index in [2.05, 4.69) is 22.5 Å². The Hall–Kier alpha value is -1.68. The Bertz CT molecular complexity index is 428. The fraction of sp³-hybridized carbons (Fsp3) is 0.429. The number of nitrogens with zero attached hydrogens (tertiary/aromatic N) is 2. The van der Waals surface area contributed by atoms with Gasteiger partial charge in [-0.15, -0.1) is 0 Å². The first-order valence-corrected chi connectivity index (χ1v) is 6.35. The van der Waals surface area contributed by atoms with Crippen molar-refractivity contribution in [2.75, 3.05) is 20.1 Å². The Balaban J connectivity index is 1.92. The van der Waals surface area contributed by atoms with Gasteiger partial charge in [-0.25, -0.2) is 5.43 Å². The molecular weight excluding hydrogens is 226 g/mol. The summed E-state index contributed by atoms with van der Waals surface area (Å²) in [5.74, 6) is -0.138. The first kappa shape index (κ1) is 12.8. The van der Waals surface area contributed by atoms with Crippen LogP contribution in [-0.4, -0.2) is 36.7 Å². The predicted octanol–water partition coefficient (Wildman–Crippen LogP) is 1.89. The molecule has 18 heavy (non-hydrogen) atoms. The number of hydrogen-bond acceptors (Lipinski definition) is 3. The van der Waals surface area contributed by atoms with Gasteiger partial charge in [-0.05, 0) is 38.6 Å². The number of carbonyl (C=O) groups is 1. The van der Waals surface area contributed by atoms with Gasteiger partial charge in [0.2, 0.25) is 0 Å². The summed E-state index contributed by atoms with van der Waals surface area (Å²) in [5.41, 5.74) is 4.37. The highest BCUT2D eigenvalue weighted by Gasteiger charge is 2.10. The van der Waals surface area contributed by atoms with Crippen molar-refractivity contribution >= 4 is 11.6 Å². The Morgan fingerprint density at radius 2 is 2.00 bits per heavy atom.